The van der Waals surface area contributed by atoms with Crippen molar-refractivity contribution in [3.63, 3.8) is 0 Å². The largest absolute Gasteiger partial charge is 0.444 e. The zero-order valence-electron chi connectivity index (χ0n) is 14.1. The number of aliphatic hydroxyl groups excluding tert-OH is 1. The molecule has 0 aromatic heterocycles. The summed E-state index contributed by atoms with van der Waals surface area (Å²) in [7, 11) is 0. The van der Waals surface area contributed by atoms with Gasteiger partial charge >= 0.3 is 6.09 Å². The van der Waals surface area contributed by atoms with Crippen molar-refractivity contribution in [2.45, 2.75) is 51.9 Å². The van der Waals surface area contributed by atoms with E-state index in [-0.39, 0.29) is 0 Å². The van der Waals surface area contributed by atoms with Crippen LogP contribution in [0.5, 0.6) is 0 Å². The molecule has 0 aliphatic rings. The minimum Gasteiger partial charge on any atom is -0.444 e. The normalized spacial score (nSPS) is 13.8. The van der Waals surface area contributed by atoms with Crippen molar-refractivity contribution in [3.05, 3.63) is 35.9 Å². The van der Waals surface area contributed by atoms with Crippen LogP contribution in [0.25, 0.3) is 0 Å². The zero-order valence-corrected chi connectivity index (χ0v) is 14.1. The second kappa shape index (κ2) is 8.53. The van der Waals surface area contributed by atoms with Crippen molar-refractivity contribution in [3.8, 4) is 0 Å². The van der Waals surface area contributed by atoms with Gasteiger partial charge in [-0.25, -0.2) is 4.79 Å². The first-order valence-electron chi connectivity index (χ1n) is 7.72. The minimum absolute atomic E-state index is 0.318. The van der Waals surface area contributed by atoms with Crippen molar-refractivity contribution in [1.29, 1.82) is 0 Å². The Hall–Kier alpha value is -2.08. The summed E-state index contributed by atoms with van der Waals surface area (Å²) in [5, 5.41) is 15.4. The van der Waals surface area contributed by atoms with Crippen LogP contribution in [-0.4, -0.2) is 41.4 Å². The molecule has 0 saturated carbocycles. The van der Waals surface area contributed by atoms with Gasteiger partial charge in [0, 0.05) is 6.54 Å². The fraction of sp³-hybridized carbons (Fsp3) is 0.529. The lowest BCUT2D eigenvalue weighted by molar-refractivity contribution is -0.130. The lowest BCUT2D eigenvalue weighted by atomic mass is 10.0. The molecular weight excluding hydrogens is 296 g/mol. The number of nitrogens with one attached hydrogen (secondary N) is 2. The third-order valence-corrected chi connectivity index (χ3v) is 3.00. The van der Waals surface area contributed by atoms with Crippen LogP contribution in [0.4, 0.5) is 4.79 Å². The number of rotatable bonds is 6. The van der Waals surface area contributed by atoms with Crippen molar-refractivity contribution >= 4 is 12.0 Å². The highest BCUT2D eigenvalue weighted by atomic mass is 16.6. The lowest BCUT2D eigenvalue weighted by Gasteiger charge is -2.26. The Morgan fingerprint density at radius 3 is 2.35 bits per heavy atom. The molecule has 128 valence electrons. The molecule has 0 fully saturated rings. The molecule has 23 heavy (non-hydrogen) atoms. The van der Waals surface area contributed by atoms with Crippen LogP contribution in [0.1, 0.15) is 33.3 Å². The highest BCUT2D eigenvalue weighted by molar-refractivity contribution is 5.82. The highest BCUT2D eigenvalue weighted by Crippen LogP contribution is 2.10. The summed E-state index contributed by atoms with van der Waals surface area (Å²) in [5.41, 5.74) is 0.245. The summed E-state index contributed by atoms with van der Waals surface area (Å²) in [4.78, 5) is 23.9. The molecular formula is C17H26N2O4. The molecule has 1 unspecified atom stereocenters. The Morgan fingerprint density at radius 1 is 1.22 bits per heavy atom. The van der Waals surface area contributed by atoms with Gasteiger partial charge in [-0.1, -0.05) is 30.3 Å². The van der Waals surface area contributed by atoms with E-state index in [1.54, 1.807) is 27.7 Å². The third-order valence-electron chi connectivity index (χ3n) is 3.00. The fourth-order valence-corrected chi connectivity index (χ4v) is 2.03. The molecule has 0 spiro atoms. The molecule has 0 aliphatic carbocycles. The van der Waals surface area contributed by atoms with Gasteiger partial charge in [0.05, 0.1) is 6.04 Å². The number of benzene rings is 1. The summed E-state index contributed by atoms with van der Waals surface area (Å²) < 4.78 is 5.20. The number of likely N-dealkylation sites (N-methyl/N-ethyl adjacent to an activating group) is 1. The molecule has 1 rings (SSSR count). The fourth-order valence-electron chi connectivity index (χ4n) is 2.03. The third kappa shape index (κ3) is 7.15. The van der Waals surface area contributed by atoms with E-state index in [9.17, 15) is 14.7 Å². The average molecular weight is 322 g/mol. The topological polar surface area (TPSA) is 87.7 Å². The first-order valence-corrected chi connectivity index (χ1v) is 7.72. The van der Waals surface area contributed by atoms with Crippen molar-refractivity contribution in [2.75, 3.05) is 6.54 Å². The molecule has 3 N–H and O–H groups in total. The van der Waals surface area contributed by atoms with Gasteiger partial charge in [-0.15, -0.1) is 0 Å². The van der Waals surface area contributed by atoms with Gasteiger partial charge in [-0.2, -0.15) is 0 Å². The Bertz CT molecular complexity index is 511. The van der Waals surface area contributed by atoms with Crippen LogP contribution in [0, 0.1) is 0 Å². The van der Waals surface area contributed by atoms with Crippen LogP contribution < -0.4 is 10.6 Å². The molecule has 0 aliphatic heterocycles. The van der Waals surface area contributed by atoms with Crippen molar-refractivity contribution < 1.29 is 19.4 Å². The van der Waals surface area contributed by atoms with Crippen molar-refractivity contribution in [1.82, 2.24) is 10.6 Å². The number of amides is 2. The molecule has 0 saturated heterocycles. The molecule has 6 nitrogen and oxygen atoms in total. The first-order chi connectivity index (χ1) is 10.7. The number of carbonyl (C=O) groups is 2. The van der Waals surface area contributed by atoms with Gasteiger partial charge in [-0.05, 0) is 39.7 Å². The smallest absolute Gasteiger partial charge is 0.407 e. The van der Waals surface area contributed by atoms with E-state index in [0.29, 0.717) is 13.0 Å². The zero-order chi connectivity index (χ0) is 17.5. The standard InChI is InChI=1S/C17H26N2O4/c1-5-18-15(21)14(20)13(11-12-9-7-6-8-10-12)19-16(22)23-17(2,3)4/h6-10,13-14,20H,5,11H2,1-4H3,(H,18,21)(H,19,22)/t13-,14?/m0/s1. The van der Waals surface area contributed by atoms with E-state index in [4.69, 9.17) is 4.74 Å². The van der Waals surface area contributed by atoms with Gasteiger partial charge in [-0.3, -0.25) is 4.79 Å². The average Bonchev–Trinajstić information content (AvgIpc) is 2.45. The van der Waals surface area contributed by atoms with Crippen LogP contribution in [0.2, 0.25) is 0 Å². The van der Waals surface area contributed by atoms with Crippen molar-refractivity contribution in [2.24, 2.45) is 0 Å². The van der Waals surface area contributed by atoms with E-state index in [1.165, 1.54) is 0 Å². The monoisotopic (exact) mass is 322 g/mol. The predicted octanol–water partition coefficient (Wildman–Crippen LogP) is 1.62. The first kappa shape index (κ1) is 19.0. The van der Waals surface area contributed by atoms with E-state index in [0.717, 1.165) is 5.56 Å². The number of ether oxygens (including phenoxy) is 1. The highest BCUT2D eigenvalue weighted by Gasteiger charge is 2.29. The molecule has 6 heteroatoms. The predicted molar refractivity (Wildman–Crippen MR) is 88.0 cm³/mol. The quantitative estimate of drug-likeness (QED) is 0.742. The maximum absolute atomic E-state index is 12.0. The van der Waals surface area contributed by atoms with Crippen LogP contribution in [-0.2, 0) is 16.0 Å². The number of hydrogen-bond acceptors (Lipinski definition) is 4. The SMILES string of the molecule is CCNC(=O)C(O)[C@H](Cc1ccccc1)NC(=O)OC(C)(C)C. The van der Waals surface area contributed by atoms with E-state index < -0.39 is 29.7 Å². The summed E-state index contributed by atoms with van der Waals surface area (Å²) in [6.07, 6.45) is -1.71. The number of alkyl carbamates (subject to hydrolysis) is 1. The number of carbonyl (C=O) groups excluding carboxylic acids is 2. The van der Waals surface area contributed by atoms with E-state index in [1.807, 2.05) is 30.3 Å². The van der Waals surface area contributed by atoms with Gasteiger partial charge < -0.3 is 20.5 Å². The Morgan fingerprint density at radius 2 is 1.83 bits per heavy atom. The summed E-state index contributed by atoms with van der Waals surface area (Å²) in [6.45, 7) is 7.41. The number of hydrogen-bond donors (Lipinski definition) is 3. The molecule has 2 atom stereocenters. The second-order valence-electron chi connectivity index (χ2n) is 6.28. The lowest BCUT2D eigenvalue weighted by Crippen LogP contribution is -2.52. The van der Waals surface area contributed by atoms with Crippen LogP contribution in [0.3, 0.4) is 0 Å². The molecule has 0 radical (unpaired) electrons. The summed E-state index contributed by atoms with van der Waals surface area (Å²) in [5.74, 6) is -0.524. The summed E-state index contributed by atoms with van der Waals surface area (Å²) in [6, 6.07) is 8.55. The molecule has 0 bridgehead atoms. The summed E-state index contributed by atoms with van der Waals surface area (Å²) >= 11 is 0. The Labute approximate surface area is 137 Å². The molecule has 1 aromatic rings. The second-order valence-corrected chi connectivity index (χ2v) is 6.28. The maximum atomic E-state index is 12.0. The molecule has 0 heterocycles. The van der Waals surface area contributed by atoms with Gasteiger partial charge in [0.2, 0.25) is 0 Å². The Kier molecular flexibility index (Phi) is 7.03. The number of aliphatic hydroxyl groups is 1. The van der Waals surface area contributed by atoms with E-state index >= 15 is 0 Å². The van der Waals surface area contributed by atoms with Crippen LogP contribution >= 0.6 is 0 Å². The molecule has 1 aromatic carbocycles. The minimum atomic E-state index is -1.36. The molecule has 2 amide bonds. The maximum Gasteiger partial charge on any atom is 0.407 e. The van der Waals surface area contributed by atoms with Crippen LogP contribution in [0.15, 0.2) is 30.3 Å². The van der Waals surface area contributed by atoms with Gasteiger partial charge in [0.15, 0.2) is 6.10 Å². The van der Waals surface area contributed by atoms with Gasteiger partial charge in [0.25, 0.3) is 5.91 Å². The Balaban J connectivity index is 2.83. The van der Waals surface area contributed by atoms with Gasteiger partial charge in [0.1, 0.15) is 5.60 Å². The van der Waals surface area contributed by atoms with E-state index in [2.05, 4.69) is 10.6 Å².